The van der Waals surface area contributed by atoms with Gasteiger partial charge in [-0.3, -0.25) is 0 Å². The predicted octanol–water partition coefficient (Wildman–Crippen LogP) is 6.53. The van der Waals surface area contributed by atoms with Gasteiger partial charge in [0, 0.05) is 53.5 Å². The normalized spacial score (nSPS) is 10.0. The maximum Gasteiger partial charge on any atom is 0.330 e. The number of hydrogen-bond acceptors (Lipinski definition) is 13. The zero-order chi connectivity index (χ0) is 40.3. The summed E-state index contributed by atoms with van der Waals surface area (Å²) < 4.78 is 32.0. The van der Waals surface area contributed by atoms with Gasteiger partial charge in [0.15, 0.2) is 0 Å². The van der Waals surface area contributed by atoms with E-state index in [0.717, 1.165) is 36.5 Å². The van der Waals surface area contributed by atoms with E-state index in [1.807, 2.05) is 0 Å². The fourth-order valence-corrected chi connectivity index (χ4v) is 4.84. The van der Waals surface area contributed by atoms with Crippen LogP contribution in [0.5, 0.6) is 0 Å². The Kier molecular flexibility index (Phi) is 16.3. The SMILES string of the molecule is C=CC(=O)OCc1cc(COC(=O)C=C)cc(N(c2cc(COC(=O)C=C)cc(COC(=O)C=C)c2)c2cc(COC(=O)C=C)cc(COC(=O)C=C)c2)c1. The second-order valence-corrected chi connectivity index (χ2v) is 11.2. The average molecular weight is 750 g/mol. The first kappa shape index (κ1) is 42.1. The fourth-order valence-electron chi connectivity index (χ4n) is 4.84. The first-order chi connectivity index (χ1) is 26.4. The molecule has 55 heavy (non-hydrogen) atoms. The highest BCUT2D eigenvalue weighted by Gasteiger charge is 2.20. The Morgan fingerprint density at radius 1 is 0.345 bits per heavy atom. The number of rotatable bonds is 21. The highest BCUT2D eigenvalue weighted by molar-refractivity contribution is 5.84. The Labute approximate surface area is 318 Å². The van der Waals surface area contributed by atoms with E-state index in [0.29, 0.717) is 50.4 Å². The summed E-state index contributed by atoms with van der Waals surface area (Å²) in [4.78, 5) is 74.1. The molecule has 0 saturated carbocycles. The lowest BCUT2D eigenvalue weighted by atomic mass is 10.0. The van der Waals surface area contributed by atoms with Crippen LogP contribution in [0.2, 0.25) is 0 Å². The molecule has 3 rings (SSSR count). The van der Waals surface area contributed by atoms with Crippen molar-refractivity contribution in [3.63, 3.8) is 0 Å². The van der Waals surface area contributed by atoms with Gasteiger partial charge < -0.3 is 33.3 Å². The van der Waals surface area contributed by atoms with Gasteiger partial charge in [0.1, 0.15) is 39.6 Å². The summed E-state index contributed by atoms with van der Waals surface area (Å²) in [5.74, 6) is -4.07. The van der Waals surface area contributed by atoms with E-state index in [1.165, 1.54) is 0 Å². The summed E-state index contributed by atoms with van der Waals surface area (Å²) in [6, 6.07) is 15.3. The van der Waals surface area contributed by atoms with Crippen molar-refractivity contribution in [2.24, 2.45) is 0 Å². The minimum absolute atomic E-state index is 0.199. The lowest BCUT2D eigenvalue weighted by Gasteiger charge is -2.29. The molecule has 0 unspecified atom stereocenters. The molecule has 0 aliphatic heterocycles. The van der Waals surface area contributed by atoms with E-state index in [4.69, 9.17) is 28.4 Å². The van der Waals surface area contributed by atoms with Crippen molar-refractivity contribution in [3.05, 3.63) is 164 Å². The Hall–Kier alpha value is -7.28. The van der Waals surface area contributed by atoms with Crippen molar-refractivity contribution in [3.8, 4) is 0 Å². The van der Waals surface area contributed by atoms with Crippen molar-refractivity contribution in [1.82, 2.24) is 0 Å². The molecule has 0 amide bonds. The van der Waals surface area contributed by atoms with E-state index in [-0.39, 0.29) is 39.6 Å². The van der Waals surface area contributed by atoms with Crippen LogP contribution < -0.4 is 4.90 Å². The molecule has 0 aromatic heterocycles. The van der Waals surface area contributed by atoms with E-state index in [1.54, 1.807) is 59.5 Å². The molecule has 0 aliphatic rings. The highest BCUT2D eigenvalue weighted by Crippen LogP contribution is 2.38. The zero-order valence-corrected chi connectivity index (χ0v) is 30.0. The van der Waals surface area contributed by atoms with Gasteiger partial charge in [-0.25, -0.2) is 28.8 Å². The molecule has 0 atom stereocenters. The third-order valence-electron chi connectivity index (χ3n) is 7.17. The average Bonchev–Trinajstić information content (AvgIpc) is 3.20. The summed E-state index contributed by atoms with van der Waals surface area (Å²) in [5.41, 5.74) is 4.18. The number of benzene rings is 3. The molecule has 0 heterocycles. The second kappa shape index (κ2) is 21.3. The summed E-state index contributed by atoms with van der Waals surface area (Å²) in [5, 5.41) is 0. The molecule has 284 valence electrons. The molecule has 0 fully saturated rings. The summed E-state index contributed by atoms with van der Waals surface area (Å²) in [7, 11) is 0. The Morgan fingerprint density at radius 3 is 0.655 bits per heavy atom. The van der Waals surface area contributed by atoms with Gasteiger partial charge in [0.2, 0.25) is 0 Å². The maximum absolute atomic E-state index is 12.1. The van der Waals surface area contributed by atoms with Crippen molar-refractivity contribution >= 4 is 52.9 Å². The maximum atomic E-state index is 12.1. The molecule has 3 aromatic rings. The largest absolute Gasteiger partial charge is 0.458 e. The van der Waals surface area contributed by atoms with Gasteiger partial charge in [-0.15, -0.1) is 0 Å². The quantitative estimate of drug-likeness (QED) is 0.0657. The van der Waals surface area contributed by atoms with Gasteiger partial charge >= 0.3 is 35.8 Å². The van der Waals surface area contributed by atoms with Crippen LogP contribution in [0.25, 0.3) is 0 Å². The second-order valence-electron chi connectivity index (χ2n) is 11.2. The van der Waals surface area contributed by atoms with Crippen LogP contribution in [0.3, 0.4) is 0 Å². The number of carbonyl (C=O) groups is 6. The van der Waals surface area contributed by atoms with Gasteiger partial charge in [0.25, 0.3) is 0 Å². The molecule has 0 radical (unpaired) electrons. The minimum Gasteiger partial charge on any atom is -0.458 e. The smallest absolute Gasteiger partial charge is 0.330 e. The first-order valence-corrected chi connectivity index (χ1v) is 16.4. The van der Waals surface area contributed by atoms with Crippen LogP contribution in [0, 0.1) is 0 Å². The summed E-state index contributed by atoms with van der Waals surface area (Å²) >= 11 is 0. The van der Waals surface area contributed by atoms with E-state index < -0.39 is 35.8 Å². The van der Waals surface area contributed by atoms with Crippen LogP contribution in [0.1, 0.15) is 33.4 Å². The molecule has 0 bridgehead atoms. The van der Waals surface area contributed by atoms with Crippen LogP contribution in [-0.4, -0.2) is 35.8 Å². The minimum atomic E-state index is -0.678. The lowest BCUT2D eigenvalue weighted by molar-refractivity contribution is -0.140. The topological polar surface area (TPSA) is 161 Å². The van der Waals surface area contributed by atoms with E-state index >= 15 is 0 Å². The van der Waals surface area contributed by atoms with Crippen molar-refractivity contribution in [1.29, 1.82) is 0 Å². The molecule has 13 heteroatoms. The molecule has 0 spiro atoms. The van der Waals surface area contributed by atoms with Crippen LogP contribution in [-0.2, 0) is 96.8 Å². The third kappa shape index (κ3) is 13.7. The van der Waals surface area contributed by atoms with E-state index in [9.17, 15) is 28.8 Å². The van der Waals surface area contributed by atoms with Crippen molar-refractivity contribution in [2.75, 3.05) is 4.90 Å². The molecular formula is C42H39NO12. The van der Waals surface area contributed by atoms with Gasteiger partial charge in [-0.1, -0.05) is 39.5 Å². The van der Waals surface area contributed by atoms with Crippen LogP contribution in [0.15, 0.2) is 131 Å². The number of hydrogen-bond donors (Lipinski definition) is 0. The lowest BCUT2D eigenvalue weighted by Crippen LogP contribution is -2.15. The third-order valence-corrected chi connectivity index (χ3v) is 7.17. The molecule has 0 aliphatic carbocycles. The summed E-state index contributed by atoms with van der Waals surface area (Å²) in [6.07, 6.45) is 6.08. The molecule has 13 nitrogen and oxygen atoms in total. The van der Waals surface area contributed by atoms with Crippen LogP contribution in [0.4, 0.5) is 17.1 Å². The van der Waals surface area contributed by atoms with E-state index in [2.05, 4.69) is 39.5 Å². The number of nitrogens with zero attached hydrogens (tertiary/aromatic N) is 1. The Morgan fingerprint density at radius 2 is 0.509 bits per heavy atom. The molecule has 3 aromatic carbocycles. The fraction of sp³-hybridized carbons (Fsp3) is 0.143. The van der Waals surface area contributed by atoms with Gasteiger partial charge in [0.05, 0.1) is 0 Å². The Balaban J connectivity index is 2.40. The van der Waals surface area contributed by atoms with Crippen molar-refractivity contribution in [2.45, 2.75) is 39.6 Å². The predicted molar refractivity (Wildman–Crippen MR) is 201 cm³/mol. The number of carbonyl (C=O) groups excluding carboxylic acids is 6. The first-order valence-electron chi connectivity index (χ1n) is 16.4. The van der Waals surface area contributed by atoms with Crippen molar-refractivity contribution < 1.29 is 57.2 Å². The molecule has 0 saturated heterocycles. The Bertz CT molecular complexity index is 1660. The van der Waals surface area contributed by atoms with Gasteiger partial charge in [-0.05, 0) is 88.0 Å². The summed E-state index contributed by atoms with van der Waals surface area (Å²) in [6.45, 7) is 19.4. The highest BCUT2D eigenvalue weighted by atomic mass is 16.5. The number of ether oxygens (including phenoxy) is 6. The number of esters is 6. The zero-order valence-electron chi connectivity index (χ0n) is 30.0. The van der Waals surface area contributed by atoms with Gasteiger partial charge in [-0.2, -0.15) is 0 Å². The molecular weight excluding hydrogens is 710 g/mol. The molecule has 0 N–H and O–H groups in total. The number of anilines is 3. The van der Waals surface area contributed by atoms with Crippen LogP contribution >= 0.6 is 0 Å². The monoisotopic (exact) mass is 749 g/mol. The standard InChI is InChI=1S/C42H39NO12/c1-7-37(44)50-22-28-13-29(23-51-38(45)8-2)17-34(16-28)43(35-18-30(24-52-39(46)9-3)14-31(19-35)25-53-40(47)10-4)36-20-32(26-54-41(48)11-5)15-33(21-36)27-55-42(49)12-6/h7-21H,1-6,22-27H2.